The van der Waals surface area contributed by atoms with Crippen LogP contribution < -0.4 is 10.6 Å². The van der Waals surface area contributed by atoms with Crippen molar-refractivity contribution >= 4 is 5.91 Å². The first-order chi connectivity index (χ1) is 9.75. The van der Waals surface area contributed by atoms with Crippen LogP contribution in [0.2, 0.25) is 0 Å². The van der Waals surface area contributed by atoms with Gasteiger partial charge in [0.25, 0.3) is 0 Å². The zero-order valence-corrected chi connectivity index (χ0v) is 12.5. The van der Waals surface area contributed by atoms with Crippen molar-refractivity contribution in [2.24, 2.45) is 5.92 Å². The Morgan fingerprint density at radius 2 is 2.35 bits per heavy atom. The summed E-state index contributed by atoms with van der Waals surface area (Å²) in [6, 6.07) is -0.00782. The molecule has 0 aromatic rings. The van der Waals surface area contributed by atoms with Gasteiger partial charge >= 0.3 is 0 Å². The summed E-state index contributed by atoms with van der Waals surface area (Å²) >= 11 is 0. The quantitative estimate of drug-likeness (QED) is 0.687. The van der Waals surface area contributed by atoms with E-state index in [0.29, 0.717) is 25.7 Å². The van der Waals surface area contributed by atoms with Gasteiger partial charge in [-0.3, -0.25) is 4.79 Å². The predicted octanol–water partition coefficient (Wildman–Crippen LogP) is 1.08. The van der Waals surface area contributed by atoms with Gasteiger partial charge < -0.3 is 20.1 Å². The lowest BCUT2D eigenvalue weighted by Crippen LogP contribution is -2.48. The molecule has 2 heterocycles. The van der Waals surface area contributed by atoms with Crippen molar-refractivity contribution in [1.29, 1.82) is 0 Å². The first kappa shape index (κ1) is 15.7. The molecule has 2 fully saturated rings. The molecule has 0 bridgehead atoms. The van der Waals surface area contributed by atoms with Crippen LogP contribution in [0.25, 0.3) is 0 Å². The standard InChI is InChI=1S/C15H28N2O3/c1-12-5-7-16-14(10-12)15(18)17-6-3-8-19-11-13-4-2-9-20-13/h12-14,16H,2-11H2,1H3,(H,17,18). The van der Waals surface area contributed by atoms with Crippen molar-refractivity contribution in [2.75, 3.05) is 32.9 Å². The Balaban J connectivity index is 1.46. The number of rotatable bonds is 7. The third kappa shape index (κ3) is 5.38. The minimum atomic E-state index is -0.00782. The molecule has 0 aliphatic carbocycles. The Morgan fingerprint density at radius 3 is 3.10 bits per heavy atom. The number of ether oxygens (including phenoxy) is 2. The maximum atomic E-state index is 12.0. The molecule has 20 heavy (non-hydrogen) atoms. The zero-order chi connectivity index (χ0) is 14.2. The first-order valence-corrected chi connectivity index (χ1v) is 7.96. The van der Waals surface area contributed by atoms with Crippen LogP contribution in [-0.2, 0) is 14.3 Å². The van der Waals surface area contributed by atoms with Crippen LogP contribution in [0.3, 0.4) is 0 Å². The Bertz CT molecular complexity index is 293. The Labute approximate surface area is 121 Å². The van der Waals surface area contributed by atoms with E-state index >= 15 is 0 Å². The molecule has 2 rings (SSSR count). The minimum absolute atomic E-state index is 0.00782. The van der Waals surface area contributed by atoms with Crippen LogP contribution >= 0.6 is 0 Å². The van der Waals surface area contributed by atoms with E-state index in [1.165, 1.54) is 6.42 Å². The molecule has 1 amide bonds. The maximum Gasteiger partial charge on any atom is 0.237 e. The van der Waals surface area contributed by atoms with Crippen LogP contribution in [0.1, 0.15) is 39.0 Å². The van der Waals surface area contributed by atoms with Gasteiger partial charge in [0.15, 0.2) is 0 Å². The molecule has 3 atom stereocenters. The fourth-order valence-corrected chi connectivity index (χ4v) is 2.81. The van der Waals surface area contributed by atoms with Crippen molar-refractivity contribution in [3.8, 4) is 0 Å². The fraction of sp³-hybridized carbons (Fsp3) is 0.933. The molecule has 5 heteroatoms. The van der Waals surface area contributed by atoms with E-state index in [4.69, 9.17) is 9.47 Å². The highest BCUT2D eigenvalue weighted by atomic mass is 16.5. The molecular formula is C15H28N2O3. The smallest absolute Gasteiger partial charge is 0.237 e. The van der Waals surface area contributed by atoms with Gasteiger partial charge in [-0.25, -0.2) is 0 Å². The maximum absolute atomic E-state index is 12.0. The molecule has 3 unspecified atom stereocenters. The van der Waals surface area contributed by atoms with Crippen molar-refractivity contribution in [3.63, 3.8) is 0 Å². The van der Waals surface area contributed by atoms with Gasteiger partial charge in [0, 0.05) is 19.8 Å². The number of piperidine rings is 1. The molecule has 0 radical (unpaired) electrons. The lowest BCUT2D eigenvalue weighted by Gasteiger charge is -2.27. The molecule has 0 spiro atoms. The van der Waals surface area contributed by atoms with Gasteiger partial charge in [-0.15, -0.1) is 0 Å². The summed E-state index contributed by atoms with van der Waals surface area (Å²) in [7, 11) is 0. The van der Waals surface area contributed by atoms with Crippen molar-refractivity contribution in [2.45, 2.75) is 51.2 Å². The molecular weight excluding hydrogens is 256 g/mol. The van der Waals surface area contributed by atoms with Crippen LogP contribution in [0, 0.1) is 5.92 Å². The molecule has 2 N–H and O–H groups in total. The second-order valence-electron chi connectivity index (χ2n) is 5.99. The molecule has 2 saturated heterocycles. The summed E-state index contributed by atoms with van der Waals surface area (Å²) in [5.41, 5.74) is 0. The van der Waals surface area contributed by atoms with E-state index < -0.39 is 0 Å². The molecule has 2 aliphatic rings. The number of nitrogens with one attached hydrogen (secondary N) is 2. The van der Waals surface area contributed by atoms with Crippen LogP contribution in [0.5, 0.6) is 0 Å². The summed E-state index contributed by atoms with van der Waals surface area (Å²) in [5, 5.41) is 6.27. The van der Waals surface area contributed by atoms with E-state index in [9.17, 15) is 4.79 Å². The van der Waals surface area contributed by atoms with Gasteiger partial charge in [0.05, 0.1) is 18.8 Å². The minimum Gasteiger partial charge on any atom is -0.379 e. The average molecular weight is 284 g/mol. The van der Waals surface area contributed by atoms with E-state index in [0.717, 1.165) is 38.8 Å². The lowest BCUT2D eigenvalue weighted by atomic mass is 9.94. The summed E-state index contributed by atoms with van der Waals surface area (Å²) in [4.78, 5) is 12.0. The SMILES string of the molecule is CC1CCNC(C(=O)NCCCOCC2CCCO2)C1. The highest BCUT2D eigenvalue weighted by Crippen LogP contribution is 2.15. The van der Waals surface area contributed by atoms with Crippen molar-refractivity contribution < 1.29 is 14.3 Å². The van der Waals surface area contributed by atoms with E-state index in [-0.39, 0.29) is 18.1 Å². The highest BCUT2D eigenvalue weighted by Gasteiger charge is 2.23. The zero-order valence-electron chi connectivity index (χ0n) is 12.5. The largest absolute Gasteiger partial charge is 0.379 e. The number of amides is 1. The number of hydrogen-bond acceptors (Lipinski definition) is 4. The van der Waals surface area contributed by atoms with Crippen molar-refractivity contribution in [1.82, 2.24) is 10.6 Å². The molecule has 0 aromatic heterocycles. The Hall–Kier alpha value is -0.650. The molecule has 0 aromatic carbocycles. The van der Waals surface area contributed by atoms with Gasteiger partial charge in [-0.1, -0.05) is 6.92 Å². The van der Waals surface area contributed by atoms with Crippen LogP contribution in [0.15, 0.2) is 0 Å². The number of carbonyl (C=O) groups is 1. The monoisotopic (exact) mass is 284 g/mol. The summed E-state index contributed by atoms with van der Waals surface area (Å²) < 4.78 is 11.1. The van der Waals surface area contributed by atoms with Gasteiger partial charge in [-0.2, -0.15) is 0 Å². The molecule has 2 aliphatic heterocycles. The lowest BCUT2D eigenvalue weighted by molar-refractivity contribution is -0.124. The average Bonchev–Trinajstić information content (AvgIpc) is 2.95. The normalized spacial score (nSPS) is 30.4. The first-order valence-electron chi connectivity index (χ1n) is 7.96. The van der Waals surface area contributed by atoms with Crippen LogP contribution in [-0.4, -0.2) is 51.0 Å². The molecule has 0 saturated carbocycles. The fourth-order valence-electron chi connectivity index (χ4n) is 2.81. The third-order valence-corrected chi connectivity index (χ3v) is 4.07. The second-order valence-corrected chi connectivity index (χ2v) is 5.99. The Kier molecular flexibility index (Phi) is 6.76. The number of carbonyl (C=O) groups excluding carboxylic acids is 1. The summed E-state index contributed by atoms with van der Waals surface area (Å²) in [5.74, 6) is 0.775. The summed E-state index contributed by atoms with van der Waals surface area (Å²) in [6.07, 6.45) is 5.53. The van der Waals surface area contributed by atoms with Crippen molar-refractivity contribution in [3.05, 3.63) is 0 Å². The van der Waals surface area contributed by atoms with Gasteiger partial charge in [-0.05, 0) is 44.6 Å². The predicted molar refractivity (Wildman–Crippen MR) is 77.6 cm³/mol. The van der Waals surface area contributed by atoms with E-state index in [2.05, 4.69) is 17.6 Å². The highest BCUT2D eigenvalue weighted by molar-refractivity contribution is 5.81. The summed E-state index contributed by atoms with van der Waals surface area (Å²) in [6.45, 7) is 6.10. The third-order valence-electron chi connectivity index (χ3n) is 4.07. The van der Waals surface area contributed by atoms with Crippen LogP contribution in [0.4, 0.5) is 0 Å². The van der Waals surface area contributed by atoms with Gasteiger partial charge in [0.2, 0.25) is 5.91 Å². The number of hydrogen-bond donors (Lipinski definition) is 2. The molecule has 5 nitrogen and oxygen atoms in total. The van der Waals surface area contributed by atoms with E-state index in [1.807, 2.05) is 0 Å². The topological polar surface area (TPSA) is 59.6 Å². The second kappa shape index (κ2) is 8.60. The van der Waals surface area contributed by atoms with E-state index in [1.54, 1.807) is 0 Å². The van der Waals surface area contributed by atoms with Gasteiger partial charge in [0.1, 0.15) is 0 Å². The Morgan fingerprint density at radius 1 is 1.45 bits per heavy atom. The molecule has 116 valence electrons.